The molecule has 0 heterocycles. The van der Waals surface area contributed by atoms with Crippen molar-refractivity contribution in [1.29, 1.82) is 0 Å². The molecule has 0 aliphatic carbocycles. The lowest BCUT2D eigenvalue weighted by Gasteiger charge is -2.14. The van der Waals surface area contributed by atoms with E-state index in [1.807, 2.05) is 13.8 Å². The van der Waals surface area contributed by atoms with Gasteiger partial charge in [-0.2, -0.15) is 0 Å². The number of anilines is 1. The number of rotatable bonds is 7. The van der Waals surface area contributed by atoms with Crippen LogP contribution in [0.4, 0.5) is 5.69 Å². The lowest BCUT2D eigenvalue weighted by atomic mass is 10.1. The van der Waals surface area contributed by atoms with Crippen molar-refractivity contribution < 1.29 is 24.2 Å². The van der Waals surface area contributed by atoms with Crippen LogP contribution in [0, 0.1) is 6.92 Å². The molecule has 132 valence electrons. The monoisotopic (exact) mass is 343 g/mol. The highest BCUT2D eigenvalue weighted by molar-refractivity contribution is 6.08. The molecule has 0 saturated heterocycles. The Balaban J connectivity index is 2.33. The number of amides is 1. The van der Waals surface area contributed by atoms with E-state index in [1.54, 1.807) is 37.3 Å². The second-order valence-electron chi connectivity index (χ2n) is 5.28. The number of ether oxygens (including phenoxy) is 2. The van der Waals surface area contributed by atoms with E-state index in [9.17, 15) is 14.7 Å². The third-order valence-electron chi connectivity index (χ3n) is 3.55. The molecular weight excluding hydrogens is 322 g/mol. The normalized spacial score (nSPS) is 10.2. The quantitative estimate of drug-likeness (QED) is 0.800. The first kappa shape index (κ1) is 18.3. The number of nitrogens with one attached hydrogen (secondary N) is 1. The maximum Gasteiger partial charge on any atom is 0.337 e. The van der Waals surface area contributed by atoms with Gasteiger partial charge in [0.15, 0.2) is 11.5 Å². The first-order valence-corrected chi connectivity index (χ1v) is 8.01. The molecule has 0 bridgehead atoms. The molecular formula is C19H21NO5. The summed E-state index contributed by atoms with van der Waals surface area (Å²) in [5, 5.41) is 12.0. The van der Waals surface area contributed by atoms with Gasteiger partial charge in [0.2, 0.25) is 0 Å². The van der Waals surface area contributed by atoms with Gasteiger partial charge in [-0.15, -0.1) is 0 Å². The predicted octanol–water partition coefficient (Wildman–Crippen LogP) is 3.74. The van der Waals surface area contributed by atoms with Crippen molar-refractivity contribution in [3.05, 3.63) is 53.1 Å². The predicted molar refractivity (Wildman–Crippen MR) is 94.9 cm³/mol. The van der Waals surface area contributed by atoms with E-state index < -0.39 is 11.9 Å². The van der Waals surface area contributed by atoms with E-state index in [1.165, 1.54) is 6.07 Å². The van der Waals surface area contributed by atoms with Crippen LogP contribution in [0.1, 0.15) is 40.1 Å². The molecule has 2 N–H and O–H groups in total. The van der Waals surface area contributed by atoms with Crippen molar-refractivity contribution in [3.63, 3.8) is 0 Å². The third kappa shape index (κ3) is 4.29. The molecule has 0 unspecified atom stereocenters. The Morgan fingerprint density at radius 2 is 1.72 bits per heavy atom. The zero-order valence-electron chi connectivity index (χ0n) is 14.5. The summed E-state index contributed by atoms with van der Waals surface area (Å²) in [6.07, 6.45) is 0. The van der Waals surface area contributed by atoms with E-state index in [-0.39, 0.29) is 11.3 Å². The number of carbonyl (C=O) groups is 2. The smallest absolute Gasteiger partial charge is 0.337 e. The first-order chi connectivity index (χ1) is 12.0. The molecule has 0 spiro atoms. The number of benzene rings is 2. The molecule has 0 fully saturated rings. The summed E-state index contributed by atoms with van der Waals surface area (Å²) in [5.74, 6) is -0.482. The highest BCUT2D eigenvalue weighted by atomic mass is 16.5. The fourth-order valence-corrected chi connectivity index (χ4v) is 2.39. The van der Waals surface area contributed by atoms with E-state index in [0.717, 1.165) is 0 Å². The van der Waals surface area contributed by atoms with Gasteiger partial charge in [0, 0.05) is 5.56 Å². The average Bonchev–Trinajstić information content (AvgIpc) is 2.58. The summed E-state index contributed by atoms with van der Waals surface area (Å²) in [6, 6.07) is 9.70. The van der Waals surface area contributed by atoms with E-state index in [4.69, 9.17) is 9.47 Å². The van der Waals surface area contributed by atoms with Crippen molar-refractivity contribution in [2.45, 2.75) is 20.8 Å². The molecule has 6 heteroatoms. The summed E-state index contributed by atoms with van der Waals surface area (Å²) in [5.41, 5.74) is 1.35. The van der Waals surface area contributed by atoms with Gasteiger partial charge in [0.25, 0.3) is 5.91 Å². The molecule has 0 aliphatic rings. The van der Waals surface area contributed by atoms with Gasteiger partial charge in [-0.3, -0.25) is 4.79 Å². The number of carbonyl (C=O) groups excluding carboxylic acids is 1. The van der Waals surface area contributed by atoms with Gasteiger partial charge in [-0.25, -0.2) is 4.79 Å². The van der Waals surface area contributed by atoms with Crippen LogP contribution in [-0.2, 0) is 0 Å². The Hall–Kier alpha value is -3.02. The Labute approximate surface area is 146 Å². The zero-order chi connectivity index (χ0) is 18.4. The molecule has 0 saturated carbocycles. The van der Waals surface area contributed by atoms with E-state index in [2.05, 4.69) is 5.32 Å². The van der Waals surface area contributed by atoms with Crippen LogP contribution in [0.2, 0.25) is 0 Å². The average molecular weight is 343 g/mol. The van der Waals surface area contributed by atoms with Crippen molar-refractivity contribution in [3.8, 4) is 11.5 Å². The molecule has 0 radical (unpaired) electrons. The zero-order valence-corrected chi connectivity index (χ0v) is 14.5. The van der Waals surface area contributed by atoms with Crippen molar-refractivity contribution >= 4 is 17.6 Å². The van der Waals surface area contributed by atoms with Gasteiger partial charge in [-0.05, 0) is 50.6 Å². The largest absolute Gasteiger partial charge is 0.490 e. The lowest BCUT2D eigenvalue weighted by Crippen LogP contribution is -2.16. The van der Waals surface area contributed by atoms with Gasteiger partial charge in [-0.1, -0.05) is 12.1 Å². The van der Waals surface area contributed by atoms with Crippen LogP contribution < -0.4 is 14.8 Å². The number of aryl methyl sites for hydroxylation is 1. The number of para-hydroxylation sites is 1. The van der Waals surface area contributed by atoms with Crippen LogP contribution in [0.3, 0.4) is 0 Å². The number of aromatic carboxylic acids is 1. The molecule has 2 aromatic carbocycles. The van der Waals surface area contributed by atoms with E-state index >= 15 is 0 Å². The van der Waals surface area contributed by atoms with Gasteiger partial charge in [0.1, 0.15) is 0 Å². The maximum absolute atomic E-state index is 12.6. The van der Waals surface area contributed by atoms with Crippen molar-refractivity contribution in [2.24, 2.45) is 0 Å². The lowest BCUT2D eigenvalue weighted by molar-refractivity contribution is 0.0698. The number of carboxylic acids is 1. The maximum atomic E-state index is 12.6. The first-order valence-electron chi connectivity index (χ1n) is 8.01. The minimum Gasteiger partial charge on any atom is -0.490 e. The van der Waals surface area contributed by atoms with Crippen molar-refractivity contribution in [1.82, 2.24) is 0 Å². The topological polar surface area (TPSA) is 84.9 Å². The van der Waals surface area contributed by atoms with Crippen LogP contribution in [0.25, 0.3) is 0 Å². The fraction of sp³-hybridized carbons (Fsp3) is 0.263. The van der Waals surface area contributed by atoms with Gasteiger partial charge >= 0.3 is 5.97 Å². The van der Waals surface area contributed by atoms with Crippen LogP contribution in [0.15, 0.2) is 36.4 Å². The van der Waals surface area contributed by atoms with Gasteiger partial charge in [0.05, 0.1) is 24.5 Å². The molecule has 0 aliphatic heterocycles. The standard InChI is InChI=1S/C19H21NO5/c1-4-24-15-10-9-13(11-16(15)25-5-2)18(21)20-17-12(3)7-6-8-14(17)19(22)23/h6-11H,4-5H2,1-3H3,(H,20,21)(H,22,23). The number of carboxylic acid groups (broad SMARTS) is 1. The van der Waals surface area contributed by atoms with Crippen LogP contribution in [-0.4, -0.2) is 30.2 Å². The molecule has 0 atom stereocenters. The third-order valence-corrected chi connectivity index (χ3v) is 3.55. The molecule has 2 aromatic rings. The number of hydrogen-bond donors (Lipinski definition) is 2. The molecule has 2 rings (SSSR count). The Morgan fingerprint density at radius 3 is 2.36 bits per heavy atom. The summed E-state index contributed by atoms with van der Waals surface area (Å²) < 4.78 is 11.0. The Morgan fingerprint density at radius 1 is 1.04 bits per heavy atom. The van der Waals surface area contributed by atoms with Crippen LogP contribution in [0.5, 0.6) is 11.5 Å². The summed E-state index contributed by atoms with van der Waals surface area (Å²) >= 11 is 0. The Bertz CT molecular complexity index is 785. The summed E-state index contributed by atoms with van der Waals surface area (Å²) in [7, 11) is 0. The summed E-state index contributed by atoms with van der Waals surface area (Å²) in [4.78, 5) is 23.9. The second kappa shape index (κ2) is 8.19. The minimum absolute atomic E-state index is 0.0457. The highest BCUT2D eigenvalue weighted by Gasteiger charge is 2.17. The van der Waals surface area contributed by atoms with E-state index in [0.29, 0.717) is 35.8 Å². The second-order valence-corrected chi connectivity index (χ2v) is 5.28. The molecule has 1 amide bonds. The SMILES string of the molecule is CCOc1ccc(C(=O)Nc2c(C)cccc2C(=O)O)cc1OCC. The van der Waals surface area contributed by atoms with Crippen molar-refractivity contribution in [2.75, 3.05) is 18.5 Å². The van der Waals surface area contributed by atoms with Crippen LogP contribution >= 0.6 is 0 Å². The fourth-order valence-electron chi connectivity index (χ4n) is 2.39. The summed E-state index contributed by atoms with van der Waals surface area (Å²) in [6.45, 7) is 6.37. The van der Waals surface area contributed by atoms with Gasteiger partial charge < -0.3 is 19.9 Å². The highest BCUT2D eigenvalue weighted by Crippen LogP contribution is 2.29. The number of hydrogen-bond acceptors (Lipinski definition) is 4. The Kier molecular flexibility index (Phi) is 6.00. The molecule has 6 nitrogen and oxygen atoms in total. The minimum atomic E-state index is -1.10. The molecule has 0 aromatic heterocycles. The molecule has 25 heavy (non-hydrogen) atoms.